The molecule has 0 aromatic carbocycles. The van der Waals surface area contributed by atoms with Crippen LogP contribution in [0.2, 0.25) is 0 Å². The maximum atomic E-state index is 3.68. The molecule has 0 aromatic rings. The van der Waals surface area contributed by atoms with Gasteiger partial charge in [-0.15, -0.1) is 12.3 Å². The molecule has 2 N–H and O–H groups in total. The predicted molar refractivity (Wildman–Crippen MR) is 40.6 cm³/mol. The van der Waals surface area contributed by atoms with Gasteiger partial charge in [-0.25, -0.2) is 0 Å². The minimum atomic E-state index is -0.123. The van der Waals surface area contributed by atoms with Crippen LogP contribution in [0.3, 0.4) is 0 Å². The third-order valence-electron chi connectivity index (χ3n) is 1.10. The lowest BCUT2D eigenvalue weighted by molar-refractivity contribution is 0.639. The van der Waals surface area contributed by atoms with Gasteiger partial charge in [0, 0.05) is 5.79 Å². The van der Waals surface area contributed by atoms with Gasteiger partial charge in [0.2, 0.25) is 0 Å². The van der Waals surface area contributed by atoms with E-state index in [-0.39, 0.29) is 9.52 Å². The van der Waals surface area contributed by atoms with Gasteiger partial charge in [-0.2, -0.15) is 0 Å². The van der Waals surface area contributed by atoms with Crippen LogP contribution in [0.4, 0.5) is 0 Å². The SMILES string of the molecule is C=C[SiH2]C(NC)NC. The molecule has 0 saturated heterocycles. The van der Waals surface area contributed by atoms with Crippen LogP contribution in [0.5, 0.6) is 0 Å². The molecule has 8 heavy (non-hydrogen) atoms. The van der Waals surface area contributed by atoms with E-state index in [1.54, 1.807) is 0 Å². The van der Waals surface area contributed by atoms with Gasteiger partial charge in [0.1, 0.15) is 0 Å². The van der Waals surface area contributed by atoms with Gasteiger partial charge in [0.25, 0.3) is 0 Å². The summed E-state index contributed by atoms with van der Waals surface area (Å²) < 4.78 is 0. The molecule has 0 saturated carbocycles. The molecule has 0 fully saturated rings. The first-order valence-corrected chi connectivity index (χ1v) is 4.44. The fraction of sp³-hybridized carbons (Fsp3) is 0.600. The zero-order valence-electron chi connectivity index (χ0n) is 5.57. The molecule has 0 atom stereocenters. The summed E-state index contributed by atoms with van der Waals surface area (Å²) in [4.78, 5) is 0. The van der Waals surface area contributed by atoms with Crippen LogP contribution in [0.25, 0.3) is 0 Å². The summed E-state index contributed by atoms with van der Waals surface area (Å²) in [5.41, 5.74) is 2.03. The average Bonchev–Trinajstić information content (AvgIpc) is 1.83. The Bertz CT molecular complexity index is 61.4. The van der Waals surface area contributed by atoms with Crippen molar-refractivity contribution >= 4 is 9.52 Å². The Hall–Kier alpha value is -0.123. The van der Waals surface area contributed by atoms with Crippen molar-refractivity contribution in [2.45, 2.75) is 5.79 Å². The van der Waals surface area contributed by atoms with Gasteiger partial charge < -0.3 is 10.6 Å². The summed E-state index contributed by atoms with van der Waals surface area (Å²) in [5.74, 6) is 0.521. The molecule has 0 unspecified atom stereocenters. The zero-order valence-corrected chi connectivity index (χ0v) is 6.98. The lowest BCUT2D eigenvalue weighted by atomic mass is 11.0. The van der Waals surface area contributed by atoms with Crippen molar-refractivity contribution in [3.8, 4) is 0 Å². The molecule has 2 nitrogen and oxygen atoms in total. The van der Waals surface area contributed by atoms with Crippen molar-refractivity contribution in [1.82, 2.24) is 10.6 Å². The summed E-state index contributed by atoms with van der Waals surface area (Å²) in [6, 6.07) is 0. The van der Waals surface area contributed by atoms with Gasteiger partial charge in [0.15, 0.2) is 0 Å². The summed E-state index contributed by atoms with van der Waals surface area (Å²) in [5, 5.41) is 6.26. The summed E-state index contributed by atoms with van der Waals surface area (Å²) in [6.07, 6.45) is 0. The summed E-state index contributed by atoms with van der Waals surface area (Å²) in [6.45, 7) is 3.68. The van der Waals surface area contributed by atoms with Crippen molar-refractivity contribution in [3.05, 3.63) is 12.3 Å². The number of nitrogens with one attached hydrogen (secondary N) is 2. The highest BCUT2D eigenvalue weighted by Gasteiger charge is 1.95. The van der Waals surface area contributed by atoms with E-state index < -0.39 is 0 Å². The smallest absolute Gasteiger partial charge is 0.0817 e. The van der Waals surface area contributed by atoms with E-state index in [1.165, 1.54) is 0 Å². The number of rotatable bonds is 4. The lowest BCUT2D eigenvalue weighted by Gasteiger charge is -2.10. The van der Waals surface area contributed by atoms with Gasteiger partial charge in [-0.05, 0) is 14.1 Å². The summed E-state index contributed by atoms with van der Waals surface area (Å²) in [7, 11) is 3.79. The van der Waals surface area contributed by atoms with Gasteiger partial charge in [-0.3, -0.25) is 0 Å². The molecule has 48 valence electrons. The average molecular weight is 130 g/mol. The van der Waals surface area contributed by atoms with E-state index in [0.29, 0.717) is 5.79 Å². The highest BCUT2D eigenvalue weighted by atomic mass is 28.2. The van der Waals surface area contributed by atoms with Crippen molar-refractivity contribution in [2.24, 2.45) is 0 Å². The van der Waals surface area contributed by atoms with Crippen LogP contribution >= 0.6 is 0 Å². The molecule has 0 radical (unpaired) electrons. The first-order valence-electron chi connectivity index (χ1n) is 2.80. The molecule has 0 amide bonds. The highest BCUT2D eigenvalue weighted by Crippen LogP contribution is 1.69. The van der Waals surface area contributed by atoms with Crippen LogP contribution < -0.4 is 10.6 Å². The van der Waals surface area contributed by atoms with Crippen molar-refractivity contribution in [3.63, 3.8) is 0 Å². The van der Waals surface area contributed by atoms with Crippen molar-refractivity contribution in [2.75, 3.05) is 14.1 Å². The second-order valence-electron chi connectivity index (χ2n) is 1.65. The van der Waals surface area contributed by atoms with E-state index in [0.717, 1.165) is 0 Å². The standard InChI is InChI=1S/C5H14N2Si/c1-4-8-5(6-2)7-3/h4-7H,1,8H2,2-3H3. The lowest BCUT2D eigenvalue weighted by Crippen LogP contribution is -2.42. The van der Waals surface area contributed by atoms with Crippen molar-refractivity contribution in [1.29, 1.82) is 0 Å². The monoisotopic (exact) mass is 130 g/mol. The Labute approximate surface area is 53.2 Å². The molecule has 0 aliphatic carbocycles. The summed E-state index contributed by atoms with van der Waals surface area (Å²) >= 11 is 0. The van der Waals surface area contributed by atoms with Gasteiger partial charge in [-0.1, -0.05) is 0 Å². The van der Waals surface area contributed by atoms with E-state index in [2.05, 4.69) is 17.2 Å². The third kappa shape index (κ3) is 2.96. The second-order valence-corrected chi connectivity index (χ2v) is 3.52. The molecule has 0 rings (SSSR count). The minimum Gasteiger partial charge on any atom is -0.308 e. The second kappa shape index (κ2) is 5.02. The van der Waals surface area contributed by atoms with Crippen LogP contribution in [-0.4, -0.2) is 29.4 Å². The Kier molecular flexibility index (Phi) is 4.95. The molecular formula is C5H14N2Si. The Balaban J connectivity index is 3.20. The minimum absolute atomic E-state index is 0.123. The first-order chi connectivity index (χ1) is 3.85. The van der Waals surface area contributed by atoms with E-state index >= 15 is 0 Å². The van der Waals surface area contributed by atoms with E-state index in [1.807, 2.05) is 19.8 Å². The van der Waals surface area contributed by atoms with Crippen LogP contribution in [0.1, 0.15) is 0 Å². The van der Waals surface area contributed by atoms with Crippen molar-refractivity contribution < 1.29 is 0 Å². The molecule has 0 spiro atoms. The molecule has 0 bridgehead atoms. The van der Waals surface area contributed by atoms with Crippen LogP contribution in [0, 0.1) is 0 Å². The first kappa shape index (κ1) is 7.88. The van der Waals surface area contributed by atoms with Gasteiger partial charge in [0.05, 0.1) is 9.52 Å². The van der Waals surface area contributed by atoms with E-state index in [4.69, 9.17) is 0 Å². The quantitative estimate of drug-likeness (QED) is 0.378. The predicted octanol–water partition coefficient (Wildman–Crippen LogP) is -0.979. The maximum absolute atomic E-state index is 3.68. The van der Waals surface area contributed by atoms with Gasteiger partial charge >= 0.3 is 0 Å². The van der Waals surface area contributed by atoms with E-state index in [9.17, 15) is 0 Å². The molecule has 0 aliphatic rings. The fourth-order valence-corrected chi connectivity index (χ4v) is 1.35. The molecule has 0 aliphatic heterocycles. The topological polar surface area (TPSA) is 24.1 Å². The highest BCUT2D eigenvalue weighted by molar-refractivity contribution is 6.43. The largest absolute Gasteiger partial charge is 0.308 e. The molecule has 0 aromatic heterocycles. The third-order valence-corrected chi connectivity index (χ3v) is 2.72. The van der Waals surface area contributed by atoms with Crippen LogP contribution in [-0.2, 0) is 0 Å². The Morgan fingerprint density at radius 3 is 2.12 bits per heavy atom. The van der Waals surface area contributed by atoms with Crippen LogP contribution in [0.15, 0.2) is 12.3 Å². The maximum Gasteiger partial charge on any atom is 0.0817 e. The molecular weight excluding hydrogens is 116 g/mol. The number of hydrogen-bond acceptors (Lipinski definition) is 2. The molecule has 0 heterocycles. The Morgan fingerprint density at radius 2 is 2.00 bits per heavy atom. The zero-order chi connectivity index (χ0) is 6.41. The Morgan fingerprint density at radius 1 is 1.50 bits per heavy atom. The number of hydrogen-bond donors (Lipinski definition) is 2. The molecule has 3 heteroatoms. The normalized spacial score (nSPS) is 11.4. The fourth-order valence-electron chi connectivity index (χ4n) is 0.547.